The van der Waals surface area contributed by atoms with E-state index in [1.165, 1.54) is 62.6 Å². The van der Waals surface area contributed by atoms with Crippen molar-refractivity contribution in [2.75, 3.05) is 14.2 Å². The van der Waals surface area contributed by atoms with Gasteiger partial charge in [0.2, 0.25) is 0 Å². The van der Waals surface area contributed by atoms with Crippen molar-refractivity contribution >= 4 is 39.6 Å². The Bertz CT molecular complexity index is 1760. The second-order valence-electron chi connectivity index (χ2n) is 12.0. The molecule has 0 bridgehead atoms. The van der Waals surface area contributed by atoms with Crippen molar-refractivity contribution in [1.82, 2.24) is 0 Å². The first-order valence-electron chi connectivity index (χ1n) is 15.5. The lowest BCUT2D eigenvalue weighted by Crippen LogP contribution is -2.07. The minimum Gasteiger partial charge on any atom is -0.496 e. The van der Waals surface area contributed by atoms with E-state index in [2.05, 4.69) is 69.2 Å². The molecule has 1 aromatic carbocycles. The van der Waals surface area contributed by atoms with Gasteiger partial charge in [-0.15, -0.1) is 34.0 Å². The summed E-state index contributed by atoms with van der Waals surface area (Å²) < 4.78 is 24.2. The van der Waals surface area contributed by atoms with Crippen LogP contribution < -0.4 is 9.47 Å². The third-order valence-corrected chi connectivity index (χ3v) is 12.8. The van der Waals surface area contributed by atoms with Gasteiger partial charge in [-0.25, -0.2) is 0 Å². The summed E-state index contributed by atoms with van der Waals surface area (Å²) in [6.45, 7) is 25.8. The molecule has 0 aliphatic heterocycles. The fourth-order valence-corrected chi connectivity index (χ4v) is 10.2. The summed E-state index contributed by atoms with van der Waals surface area (Å²) in [6.07, 6.45) is 2.16. The van der Waals surface area contributed by atoms with Gasteiger partial charge in [0, 0.05) is 29.3 Å². The molecule has 0 atom stereocenters. The molecule has 4 rings (SSSR count). The molecule has 0 unspecified atom stereocenters. The lowest BCUT2D eigenvalue weighted by Gasteiger charge is -2.17. The maximum Gasteiger partial charge on any atom is 0.132 e. The third-order valence-electron chi connectivity index (χ3n) is 8.27. The summed E-state index contributed by atoms with van der Waals surface area (Å²) in [7, 11) is 3.46. The van der Waals surface area contributed by atoms with Crippen LogP contribution in [0.1, 0.15) is 79.8 Å². The van der Waals surface area contributed by atoms with Gasteiger partial charge in [-0.3, -0.25) is 0 Å². The minimum absolute atomic E-state index is 0.0627. The van der Waals surface area contributed by atoms with Crippen molar-refractivity contribution in [3.63, 3.8) is 0 Å². The fourth-order valence-electron chi connectivity index (χ4n) is 5.61. The van der Waals surface area contributed by atoms with Crippen LogP contribution in [0.5, 0.6) is 11.5 Å². The van der Waals surface area contributed by atoms with E-state index in [1.54, 1.807) is 14.2 Å². The molecule has 0 amide bonds. The van der Waals surface area contributed by atoms with Gasteiger partial charge >= 0.3 is 0 Å². The van der Waals surface area contributed by atoms with Gasteiger partial charge < -0.3 is 18.9 Å². The molecular formula is C38H48O4S3. The third kappa shape index (κ3) is 6.63. The Morgan fingerprint density at radius 3 is 1.64 bits per heavy atom. The van der Waals surface area contributed by atoms with Crippen molar-refractivity contribution in [3.8, 4) is 41.4 Å². The zero-order chi connectivity index (χ0) is 33.3. The number of thiophene rings is 3. The highest BCUT2D eigenvalue weighted by molar-refractivity contribution is 7.28. The number of hydrogen-bond donors (Lipinski definition) is 0. The average Bonchev–Trinajstić information content (AvgIpc) is 3.56. The van der Waals surface area contributed by atoms with Crippen molar-refractivity contribution < 1.29 is 18.9 Å². The van der Waals surface area contributed by atoms with Crippen molar-refractivity contribution in [2.24, 2.45) is 0 Å². The Hall–Kier alpha value is -3.00. The van der Waals surface area contributed by atoms with Crippen LogP contribution >= 0.6 is 34.0 Å². The molecule has 0 saturated heterocycles. The maximum atomic E-state index is 6.28. The number of hydrogen-bond acceptors (Lipinski definition) is 7. The van der Waals surface area contributed by atoms with Crippen LogP contribution in [0, 0.1) is 41.5 Å². The van der Waals surface area contributed by atoms with Gasteiger partial charge in [0.1, 0.15) is 23.0 Å². The number of ether oxygens (including phenoxy) is 4. The summed E-state index contributed by atoms with van der Waals surface area (Å²) in [5.74, 6) is 3.40. The van der Waals surface area contributed by atoms with Crippen LogP contribution in [-0.2, 0) is 9.47 Å². The SMILES string of the molecule is CC=C(OC)C(=C(C)OC(C)C)c1sc(-c2sc(-c3sc(-c4c(OC)cccc4OC(C)C)c(C)c3C)c(C)c2C)c(C)c1C. The molecule has 0 spiro atoms. The fraction of sp³-hybridized carbons (Fsp3) is 0.421. The molecule has 0 radical (unpaired) electrons. The second kappa shape index (κ2) is 14.2. The second-order valence-corrected chi connectivity index (χ2v) is 15.0. The molecule has 3 heterocycles. The highest BCUT2D eigenvalue weighted by Crippen LogP contribution is 2.53. The van der Waals surface area contributed by atoms with Crippen LogP contribution in [0.15, 0.2) is 35.8 Å². The van der Waals surface area contributed by atoms with Gasteiger partial charge in [-0.1, -0.05) is 6.07 Å². The first-order valence-corrected chi connectivity index (χ1v) is 17.9. The van der Waals surface area contributed by atoms with E-state index in [0.29, 0.717) is 0 Å². The van der Waals surface area contributed by atoms with E-state index in [1.807, 2.05) is 72.1 Å². The zero-order valence-corrected chi connectivity index (χ0v) is 31.8. The van der Waals surface area contributed by atoms with Crippen LogP contribution in [-0.4, -0.2) is 26.4 Å². The predicted octanol–water partition coefficient (Wildman–Crippen LogP) is 12.2. The number of rotatable bonds is 11. The van der Waals surface area contributed by atoms with Gasteiger partial charge in [0.05, 0.1) is 37.6 Å². The summed E-state index contributed by atoms with van der Waals surface area (Å²) in [4.78, 5) is 7.67. The highest BCUT2D eigenvalue weighted by atomic mass is 32.1. The monoisotopic (exact) mass is 664 g/mol. The summed E-state index contributed by atoms with van der Waals surface area (Å²) in [5.41, 5.74) is 9.85. The maximum absolute atomic E-state index is 6.28. The van der Waals surface area contributed by atoms with Gasteiger partial charge in [0.25, 0.3) is 0 Å². The highest BCUT2D eigenvalue weighted by Gasteiger charge is 2.27. The van der Waals surface area contributed by atoms with Crippen LogP contribution in [0.4, 0.5) is 0 Å². The van der Waals surface area contributed by atoms with Crippen molar-refractivity contribution in [2.45, 2.75) is 95.3 Å². The zero-order valence-electron chi connectivity index (χ0n) is 29.3. The Kier molecular flexibility index (Phi) is 11.0. The molecule has 7 heteroatoms. The quantitative estimate of drug-likeness (QED) is 0.118. The summed E-state index contributed by atoms with van der Waals surface area (Å²) in [6, 6.07) is 6.07. The van der Waals surface area contributed by atoms with E-state index in [-0.39, 0.29) is 12.2 Å². The number of methoxy groups -OCH3 is 2. The molecule has 0 aliphatic rings. The smallest absolute Gasteiger partial charge is 0.132 e. The number of benzene rings is 1. The Morgan fingerprint density at radius 2 is 1.16 bits per heavy atom. The van der Waals surface area contributed by atoms with Crippen LogP contribution in [0.25, 0.3) is 35.5 Å². The Balaban J connectivity index is 1.91. The molecule has 0 fully saturated rings. The molecule has 0 N–H and O–H groups in total. The van der Waals surface area contributed by atoms with E-state index < -0.39 is 0 Å². The lowest BCUT2D eigenvalue weighted by molar-refractivity contribution is 0.149. The summed E-state index contributed by atoms with van der Waals surface area (Å²) >= 11 is 5.57. The molecule has 45 heavy (non-hydrogen) atoms. The lowest BCUT2D eigenvalue weighted by atomic mass is 10.0. The predicted molar refractivity (Wildman–Crippen MR) is 197 cm³/mol. The van der Waals surface area contributed by atoms with Gasteiger partial charge in [0.15, 0.2) is 0 Å². The Labute approximate surface area is 282 Å². The van der Waals surface area contributed by atoms with Gasteiger partial charge in [-0.2, -0.15) is 0 Å². The first-order chi connectivity index (χ1) is 21.3. The van der Waals surface area contributed by atoms with Crippen molar-refractivity contribution in [1.29, 1.82) is 0 Å². The normalized spacial score (nSPS) is 12.7. The van der Waals surface area contributed by atoms with Crippen molar-refractivity contribution in [3.05, 3.63) is 74.1 Å². The summed E-state index contributed by atoms with van der Waals surface area (Å²) in [5, 5.41) is 0. The molecule has 0 saturated carbocycles. The molecular weight excluding hydrogens is 617 g/mol. The standard InChI is InChI=1S/C38H48O4S3/c1-15-28(39-13)31(27(12)41-19(2)3)33-21(6)23(8)35(43-33)37-25(10)26(11)38(45-37)36-24(9)22(7)34(44-36)32-29(40-14)17-16-18-30(32)42-20(4)5/h15-20H,1-14H3. The number of allylic oxidation sites excluding steroid dienone is 3. The van der Waals surface area contributed by atoms with Crippen LogP contribution in [0.2, 0.25) is 0 Å². The van der Waals surface area contributed by atoms with E-state index in [4.69, 9.17) is 18.9 Å². The Morgan fingerprint density at radius 1 is 0.667 bits per heavy atom. The molecule has 4 nitrogen and oxygen atoms in total. The molecule has 0 aliphatic carbocycles. The van der Waals surface area contributed by atoms with Crippen LogP contribution in [0.3, 0.4) is 0 Å². The molecule has 4 aromatic rings. The molecule has 242 valence electrons. The first kappa shape index (κ1) is 34.9. The largest absolute Gasteiger partial charge is 0.496 e. The minimum atomic E-state index is 0.0627. The average molecular weight is 665 g/mol. The van der Waals surface area contributed by atoms with Gasteiger partial charge in [-0.05, 0) is 135 Å². The van der Waals surface area contributed by atoms with E-state index in [0.717, 1.165) is 34.2 Å². The molecule has 3 aromatic heterocycles. The van der Waals surface area contributed by atoms with E-state index in [9.17, 15) is 0 Å². The topological polar surface area (TPSA) is 36.9 Å². The van der Waals surface area contributed by atoms with E-state index >= 15 is 0 Å².